The van der Waals surface area contributed by atoms with Crippen LogP contribution in [0.2, 0.25) is 0 Å². The lowest BCUT2D eigenvalue weighted by atomic mass is 9.86. The molecule has 0 aliphatic heterocycles. The van der Waals surface area contributed by atoms with Crippen molar-refractivity contribution in [2.45, 2.75) is 44.7 Å². The molecule has 1 aliphatic carbocycles. The van der Waals surface area contributed by atoms with Gasteiger partial charge in [0.1, 0.15) is 17.4 Å². The maximum Gasteiger partial charge on any atom is 0.246 e. The van der Waals surface area contributed by atoms with Crippen molar-refractivity contribution >= 4 is 23.5 Å². The van der Waals surface area contributed by atoms with Crippen LogP contribution in [-0.4, -0.2) is 78.5 Å². The molecule has 2 N–H and O–H groups in total. The number of rotatable bonds is 9. The van der Waals surface area contributed by atoms with Gasteiger partial charge in [-0.05, 0) is 58.5 Å². The van der Waals surface area contributed by atoms with E-state index in [0.717, 1.165) is 19.3 Å². The minimum atomic E-state index is -0.589. The molecule has 9 nitrogen and oxygen atoms in total. The quantitative estimate of drug-likeness (QED) is 0.375. The summed E-state index contributed by atoms with van der Waals surface area (Å²) in [4.78, 5) is 37.3. The van der Waals surface area contributed by atoms with Crippen molar-refractivity contribution in [2.24, 2.45) is 5.92 Å². The monoisotopic (exact) mass is 536 g/mol. The van der Waals surface area contributed by atoms with Gasteiger partial charge >= 0.3 is 0 Å². The summed E-state index contributed by atoms with van der Waals surface area (Å²) < 4.78 is 18.9. The molecule has 1 saturated carbocycles. The molecule has 0 bridgehead atoms. The Labute approximate surface area is 229 Å². The Morgan fingerprint density at radius 2 is 2.08 bits per heavy atom. The molecule has 2 aromatic rings. The second-order valence-electron chi connectivity index (χ2n) is 9.88. The number of ether oxygens (including phenoxy) is 1. The fourth-order valence-corrected chi connectivity index (χ4v) is 4.17. The summed E-state index contributed by atoms with van der Waals surface area (Å²) in [6.07, 6.45) is 8.29. The van der Waals surface area contributed by atoms with Gasteiger partial charge in [-0.15, -0.1) is 0 Å². The normalized spacial score (nSPS) is 17.7. The molecule has 0 radical (unpaired) electrons. The van der Waals surface area contributed by atoms with Crippen LogP contribution in [0.5, 0.6) is 5.88 Å². The summed E-state index contributed by atoms with van der Waals surface area (Å²) in [5.74, 6) is 6.34. The van der Waals surface area contributed by atoms with Crippen LogP contribution in [0.3, 0.4) is 0 Å². The molecular weight excluding hydrogens is 499 g/mol. The lowest BCUT2D eigenvalue weighted by molar-refractivity contribution is -0.135. The fourth-order valence-electron chi connectivity index (χ4n) is 4.17. The Morgan fingerprint density at radius 1 is 1.28 bits per heavy atom. The summed E-state index contributed by atoms with van der Waals surface area (Å²) >= 11 is 0. The molecule has 1 aromatic heterocycles. The van der Waals surface area contributed by atoms with Crippen LogP contribution in [0.25, 0.3) is 0 Å². The van der Waals surface area contributed by atoms with E-state index in [-0.39, 0.29) is 35.5 Å². The molecule has 3 rings (SSSR count). The van der Waals surface area contributed by atoms with E-state index in [2.05, 4.69) is 32.4 Å². The number of amides is 2. The number of hydrogen-bond acceptors (Lipinski definition) is 7. The number of halogens is 1. The number of benzene rings is 1. The predicted octanol–water partition coefficient (Wildman–Crippen LogP) is 3.36. The van der Waals surface area contributed by atoms with Crippen LogP contribution in [0.1, 0.15) is 38.2 Å². The first-order valence-corrected chi connectivity index (χ1v) is 13.0. The Balaban J connectivity index is 1.58. The van der Waals surface area contributed by atoms with Gasteiger partial charge in [-0.25, -0.2) is 9.37 Å². The van der Waals surface area contributed by atoms with Crippen molar-refractivity contribution in [2.75, 3.05) is 40.1 Å². The summed E-state index contributed by atoms with van der Waals surface area (Å²) in [6, 6.07) is 5.41. The molecule has 39 heavy (non-hydrogen) atoms. The van der Waals surface area contributed by atoms with Crippen molar-refractivity contribution in [3.8, 4) is 17.7 Å². The number of nitrogens with zero attached hydrogens (tertiary/aromatic N) is 4. The molecule has 0 saturated heterocycles. The van der Waals surface area contributed by atoms with Gasteiger partial charge in [0.25, 0.3) is 0 Å². The smallest absolute Gasteiger partial charge is 0.246 e. The van der Waals surface area contributed by atoms with Crippen LogP contribution in [0.4, 0.5) is 16.0 Å². The molecule has 3 atom stereocenters. The highest BCUT2D eigenvalue weighted by molar-refractivity contribution is 5.92. The van der Waals surface area contributed by atoms with Crippen LogP contribution in [-0.2, 0) is 9.59 Å². The number of likely N-dealkylation sites (N-methyl/N-ethyl adjacent to an activating group) is 2. The number of methoxy groups -OCH3 is 1. The second-order valence-corrected chi connectivity index (χ2v) is 9.88. The number of aromatic nitrogens is 2. The SMILES string of the molecule is COc1nc(Nc2cccc(F)c2)ncc1C#C[C@@H]1CCC[C@H](NC(=O)[C@H](C)N(C)C(=O)C=CCN(C)C)C1. The number of carbonyl (C=O) groups excluding carboxylic acids is 2. The van der Waals surface area contributed by atoms with E-state index < -0.39 is 6.04 Å². The predicted molar refractivity (Wildman–Crippen MR) is 149 cm³/mol. The van der Waals surface area contributed by atoms with Crippen LogP contribution in [0, 0.1) is 23.6 Å². The van der Waals surface area contributed by atoms with Crippen molar-refractivity contribution < 1.29 is 18.7 Å². The maximum absolute atomic E-state index is 13.5. The molecule has 1 fully saturated rings. The standard InChI is InChI=1S/C29H37FN6O3/c1-20(36(4)26(37)13-8-16-35(2)3)27(38)32-24-11-6-9-21(17-24)14-15-22-19-31-29(34-28(22)39-5)33-25-12-7-10-23(30)18-25/h7-8,10,12-13,18-21,24H,6,9,11,16-17H2,1-5H3,(H,32,38)(H,31,33,34)/t20-,21-,24-/m0/s1. The lowest BCUT2D eigenvalue weighted by Gasteiger charge is -2.30. The highest BCUT2D eigenvalue weighted by Crippen LogP contribution is 2.25. The van der Waals surface area contributed by atoms with Gasteiger partial charge in [0.15, 0.2) is 0 Å². The molecular formula is C29H37FN6O3. The first-order chi connectivity index (χ1) is 18.7. The third kappa shape index (κ3) is 9.07. The van der Waals surface area contributed by atoms with E-state index in [1.807, 2.05) is 19.0 Å². The van der Waals surface area contributed by atoms with Gasteiger partial charge in [0, 0.05) is 37.3 Å². The third-order valence-corrected chi connectivity index (χ3v) is 6.50. The zero-order valence-electron chi connectivity index (χ0n) is 23.2. The summed E-state index contributed by atoms with van der Waals surface area (Å²) in [5.41, 5.74) is 1.07. The summed E-state index contributed by atoms with van der Waals surface area (Å²) in [7, 11) is 6.99. The van der Waals surface area contributed by atoms with Crippen molar-refractivity contribution in [3.63, 3.8) is 0 Å². The molecule has 2 amide bonds. The van der Waals surface area contributed by atoms with E-state index >= 15 is 0 Å². The maximum atomic E-state index is 13.5. The van der Waals surface area contributed by atoms with E-state index in [1.54, 1.807) is 38.4 Å². The third-order valence-electron chi connectivity index (χ3n) is 6.50. The van der Waals surface area contributed by atoms with Gasteiger partial charge in [-0.2, -0.15) is 4.98 Å². The number of anilines is 2. The van der Waals surface area contributed by atoms with Gasteiger partial charge in [0.2, 0.25) is 23.6 Å². The minimum absolute atomic E-state index is 0.0169. The van der Waals surface area contributed by atoms with Gasteiger partial charge in [-0.1, -0.05) is 30.4 Å². The van der Waals surface area contributed by atoms with Crippen LogP contribution >= 0.6 is 0 Å². The molecule has 1 aliphatic rings. The van der Waals surface area contributed by atoms with Gasteiger partial charge < -0.3 is 25.2 Å². The molecule has 208 valence electrons. The van der Waals surface area contributed by atoms with Crippen molar-refractivity contribution in [1.29, 1.82) is 0 Å². The first kappa shape index (κ1) is 29.6. The lowest BCUT2D eigenvalue weighted by Crippen LogP contribution is -2.49. The zero-order chi connectivity index (χ0) is 28.4. The minimum Gasteiger partial charge on any atom is -0.480 e. The molecule has 0 spiro atoms. The zero-order valence-corrected chi connectivity index (χ0v) is 23.2. The van der Waals surface area contributed by atoms with E-state index in [1.165, 1.54) is 30.2 Å². The van der Waals surface area contributed by atoms with E-state index in [9.17, 15) is 14.0 Å². The highest BCUT2D eigenvalue weighted by atomic mass is 19.1. The Morgan fingerprint density at radius 3 is 2.79 bits per heavy atom. The average molecular weight is 537 g/mol. The Kier molecular flexibility index (Phi) is 10.8. The Bertz CT molecular complexity index is 1240. The van der Waals surface area contributed by atoms with Gasteiger partial charge in [0.05, 0.1) is 13.3 Å². The fraction of sp³-hybridized carbons (Fsp3) is 0.448. The Hall–Kier alpha value is -3.97. The van der Waals surface area contributed by atoms with E-state index in [4.69, 9.17) is 4.74 Å². The van der Waals surface area contributed by atoms with Crippen LogP contribution < -0.4 is 15.4 Å². The summed E-state index contributed by atoms with van der Waals surface area (Å²) in [5, 5.41) is 6.05. The molecule has 1 heterocycles. The topological polar surface area (TPSA) is 99.7 Å². The highest BCUT2D eigenvalue weighted by Gasteiger charge is 2.26. The molecule has 10 heteroatoms. The average Bonchev–Trinajstić information content (AvgIpc) is 2.91. The number of carbonyl (C=O) groups is 2. The largest absolute Gasteiger partial charge is 0.480 e. The van der Waals surface area contributed by atoms with Crippen LogP contribution in [0.15, 0.2) is 42.6 Å². The number of nitrogens with one attached hydrogen (secondary N) is 2. The molecule has 1 aromatic carbocycles. The van der Waals surface area contributed by atoms with Gasteiger partial charge in [-0.3, -0.25) is 9.59 Å². The van der Waals surface area contributed by atoms with Crippen molar-refractivity contribution in [1.82, 2.24) is 25.1 Å². The van der Waals surface area contributed by atoms with E-state index in [0.29, 0.717) is 30.1 Å². The summed E-state index contributed by atoms with van der Waals surface area (Å²) in [6.45, 7) is 2.38. The first-order valence-electron chi connectivity index (χ1n) is 13.0. The van der Waals surface area contributed by atoms with Crippen molar-refractivity contribution in [3.05, 3.63) is 54.0 Å². The second kappa shape index (κ2) is 14.3. The number of hydrogen-bond donors (Lipinski definition) is 2. The molecule has 0 unspecified atom stereocenters.